The quantitative estimate of drug-likeness (QED) is 0.867. The molecule has 0 spiro atoms. The molecule has 1 saturated carbocycles. The number of aliphatic hydroxyl groups is 1. The first-order valence-corrected chi connectivity index (χ1v) is 7.41. The van der Waals surface area contributed by atoms with Crippen LogP contribution in [0.3, 0.4) is 0 Å². The molecule has 0 amide bonds. The maximum absolute atomic E-state index is 9.80. The lowest BCUT2D eigenvalue weighted by atomic mass is 9.77. The first-order chi connectivity index (χ1) is 9.53. The van der Waals surface area contributed by atoms with Gasteiger partial charge >= 0.3 is 0 Å². The zero-order chi connectivity index (χ0) is 14.6. The number of ether oxygens (including phenoxy) is 1. The molecule has 1 heterocycles. The minimum Gasteiger partial charge on any atom is -0.475 e. The first-order valence-electron chi connectivity index (χ1n) is 7.41. The average molecular weight is 279 g/mol. The summed E-state index contributed by atoms with van der Waals surface area (Å²) in [6, 6.07) is 1.80. The van der Waals surface area contributed by atoms with Gasteiger partial charge in [0.25, 0.3) is 0 Å². The van der Waals surface area contributed by atoms with E-state index in [1.165, 1.54) is 12.7 Å². The highest BCUT2D eigenvalue weighted by Crippen LogP contribution is 2.34. The van der Waals surface area contributed by atoms with E-state index in [1.54, 1.807) is 6.07 Å². The van der Waals surface area contributed by atoms with Gasteiger partial charge in [-0.1, -0.05) is 19.8 Å². The van der Waals surface area contributed by atoms with Crippen molar-refractivity contribution in [2.24, 2.45) is 5.92 Å². The second-order valence-corrected chi connectivity index (χ2v) is 6.17. The molecular formula is C15H25N3O2. The van der Waals surface area contributed by atoms with E-state index in [4.69, 9.17) is 4.74 Å². The third-order valence-electron chi connectivity index (χ3n) is 3.79. The lowest BCUT2D eigenvalue weighted by molar-refractivity contribution is 0.149. The minimum absolute atomic E-state index is 0.0826. The van der Waals surface area contributed by atoms with Crippen molar-refractivity contribution in [3.05, 3.63) is 12.4 Å². The van der Waals surface area contributed by atoms with E-state index in [0.29, 0.717) is 11.8 Å². The van der Waals surface area contributed by atoms with Crippen LogP contribution in [0.2, 0.25) is 0 Å². The summed E-state index contributed by atoms with van der Waals surface area (Å²) in [7, 11) is 0. The third-order valence-corrected chi connectivity index (χ3v) is 3.79. The van der Waals surface area contributed by atoms with E-state index in [0.717, 1.165) is 25.1 Å². The van der Waals surface area contributed by atoms with Crippen LogP contribution in [0.4, 0.5) is 5.82 Å². The summed E-state index contributed by atoms with van der Waals surface area (Å²) >= 11 is 0. The van der Waals surface area contributed by atoms with Crippen LogP contribution in [0.1, 0.15) is 46.5 Å². The second-order valence-electron chi connectivity index (χ2n) is 6.17. The molecule has 112 valence electrons. The Morgan fingerprint density at radius 3 is 2.95 bits per heavy atom. The predicted octanol–water partition coefficient (Wildman–Crippen LogP) is 2.62. The van der Waals surface area contributed by atoms with Gasteiger partial charge in [0.1, 0.15) is 12.1 Å². The number of rotatable bonds is 5. The molecule has 0 saturated heterocycles. The highest BCUT2D eigenvalue weighted by atomic mass is 16.5. The molecule has 0 aliphatic heterocycles. The minimum atomic E-state index is -0.263. The number of aromatic nitrogens is 2. The Hall–Kier alpha value is -1.36. The van der Waals surface area contributed by atoms with Crippen LogP contribution in [0.15, 0.2) is 12.4 Å². The molecule has 2 N–H and O–H groups in total. The number of aliphatic hydroxyl groups excluding tert-OH is 1. The van der Waals surface area contributed by atoms with Gasteiger partial charge < -0.3 is 15.2 Å². The SMILES string of the molecule is CC1CCCC(CO)(Nc2cc(OC(C)C)ncn2)C1. The lowest BCUT2D eigenvalue weighted by Gasteiger charge is -2.39. The topological polar surface area (TPSA) is 67.3 Å². The fourth-order valence-corrected chi connectivity index (χ4v) is 2.94. The number of anilines is 1. The molecule has 1 aliphatic rings. The Morgan fingerprint density at radius 2 is 2.30 bits per heavy atom. The largest absolute Gasteiger partial charge is 0.475 e. The number of nitrogens with one attached hydrogen (secondary N) is 1. The van der Waals surface area contributed by atoms with Gasteiger partial charge in [0.2, 0.25) is 5.88 Å². The van der Waals surface area contributed by atoms with Crippen LogP contribution in [-0.4, -0.2) is 33.3 Å². The highest BCUT2D eigenvalue weighted by molar-refractivity contribution is 5.40. The normalized spacial score (nSPS) is 26.6. The Kier molecular flexibility index (Phi) is 4.81. The first kappa shape index (κ1) is 15.0. The smallest absolute Gasteiger partial charge is 0.218 e. The van der Waals surface area contributed by atoms with Crippen molar-refractivity contribution >= 4 is 5.82 Å². The van der Waals surface area contributed by atoms with E-state index >= 15 is 0 Å². The predicted molar refractivity (Wildman–Crippen MR) is 78.9 cm³/mol. The molecule has 5 heteroatoms. The fraction of sp³-hybridized carbons (Fsp3) is 0.733. The molecular weight excluding hydrogens is 254 g/mol. The van der Waals surface area contributed by atoms with Crippen molar-refractivity contribution in [1.29, 1.82) is 0 Å². The van der Waals surface area contributed by atoms with Crippen LogP contribution in [0.25, 0.3) is 0 Å². The Bertz CT molecular complexity index is 439. The Morgan fingerprint density at radius 1 is 1.50 bits per heavy atom. The summed E-state index contributed by atoms with van der Waals surface area (Å²) in [6.45, 7) is 6.29. The molecule has 1 aliphatic carbocycles. The van der Waals surface area contributed by atoms with Gasteiger partial charge in [0.05, 0.1) is 18.2 Å². The monoisotopic (exact) mass is 279 g/mol. The lowest BCUT2D eigenvalue weighted by Crippen LogP contribution is -2.46. The fourth-order valence-electron chi connectivity index (χ4n) is 2.94. The van der Waals surface area contributed by atoms with Gasteiger partial charge in [0.15, 0.2) is 0 Å². The van der Waals surface area contributed by atoms with Crippen LogP contribution in [-0.2, 0) is 0 Å². The molecule has 0 bridgehead atoms. The summed E-state index contributed by atoms with van der Waals surface area (Å²) in [4.78, 5) is 8.35. The van der Waals surface area contributed by atoms with E-state index in [9.17, 15) is 5.11 Å². The Balaban J connectivity index is 2.11. The Labute approximate surface area is 120 Å². The molecule has 20 heavy (non-hydrogen) atoms. The number of nitrogens with zero attached hydrogens (tertiary/aromatic N) is 2. The molecule has 1 fully saturated rings. The van der Waals surface area contributed by atoms with Crippen LogP contribution in [0.5, 0.6) is 5.88 Å². The van der Waals surface area contributed by atoms with Gasteiger partial charge in [0, 0.05) is 6.07 Å². The molecule has 2 unspecified atom stereocenters. The van der Waals surface area contributed by atoms with Crippen molar-refractivity contribution in [2.75, 3.05) is 11.9 Å². The second kappa shape index (κ2) is 6.39. The summed E-state index contributed by atoms with van der Waals surface area (Å²) < 4.78 is 5.58. The van der Waals surface area contributed by atoms with Gasteiger partial charge in [-0.05, 0) is 32.6 Å². The summed E-state index contributed by atoms with van der Waals surface area (Å²) in [6.07, 6.45) is 5.88. The van der Waals surface area contributed by atoms with Crippen LogP contribution >= 0.6 is 0 Å². The van der Waals surface area contributed by atoms with E-state index in [-0.39, 0.29) is 18.2 Å². The molecule has 0 aromatic carbocycles. The molecule has 2 rings (SSSR count). The standard InChI is InChI=1S/C15H25N3O2/c1-11(2)20-14-7-13(16-10-17-14)18-15(9-19)6-4-5-12(3)8-15/h7,10-12,19H,4-6,8-9H2,1-3H3,(H,16,17,18). The summed E-state index contributed by atoms with van der Waals surface area (Å²) in [5.41, 5.74) is -0.263. The van der Waals surface area contributed by atoms with E-state index in [2.05, 4.69) is 22.2 Å². The molecule has 1 aromatic rings. The highest BCUT2D eigenvalue weighted by Gasteiger charge is 2.34. The molecule has 1 aromatic heterocycles. The van der Waals surface area contributed by atoms with Crippen molar-refractivity contribution in [2.45, 2.75) is 58.1 Å². The maximum Gasteiger partial charge on any atom is 0.218 e. The van der Waals surface area contributed by atoms with Crippen molar-refractivity contribution < 1.29 is 9.84 Å². The van der Waals surface area contributed by atoms with Crippen molar-refractivity contribution in [3.8, 4) is 5.88 Å². The number of hydrogen-bond acceptors (Lipinski definition) is 5. The van der Waals surface area contributed by atoms with Crippen molar-refractivity contribution in [1.82, 2.24) is 9.97 Å². The van der Waals surface area contributed by atoms with Crippen LogP contribution < -0.4 is 10.1 Å². The third kappa shape index (κ3) is 3.82. The van der Waals surface area contributed by atoms with E-state index < -0.39 is 0 Å². The molecule has 2 atom stereocenters. The molecule has 0 radical (unpaired) electrons. The molecule has 5 nitrogen and oxygen atoms in total. The number of hydrogen-bond donors (Lipinski definition) is 2. The maximum atomic E-state index is 9.80. The van der Waals surface area contributed by atoms with Gasteiger partial charge in [-0.15, -0.1) is 0 Å². The summed E-state index contributed by atoms with van der Waals surface area (Å²) in [5.74, 6) is 1.91. The summed E-state index contributed by atoms with van der Waals surface area (Å²) in [5, 5.41) is 13.2. The van der Waals surface area contributed by atoms with Crippen LogP contribution in [0, 0.1) is 5.92 Å². The van der Waals surface area contributed by atoms with Gasteiger partial charge in [-0.25, -0.2) is 9.97 Å². The average Bonchev–Trinajstić information content (AvgIpc) is 2.38. The van der Waals surface area contributed by atoms with Gasteiger partial charge in [-0.3, -0.25) is 0 Å². The van der Waals surface area contributed by atoms with E-state index in [1.807, 2.05) is 13.8 Å². The zero-order valence-electron chi connectivity index (χ0n) is 12.6. The van der Waals surface area contributed by atoms with Gasteiger partial charge in [-0.2, -0.15) is 0 Å². The van der Waals surface area contributed by atoms with Crippen molar-refractivity contribution in [3.63, 3.8) is 0 Å². The zero-order valence-corrected chi connectivity index (χ0v) is 12.6.